The predicted molar refractivity (Wildman–Crippen MR) is 47.3 cm³/mol. The van der Waals surface area contributed by atoms with Crippen molar-refractivity contribution in [2.24, 2.45) is 17.2 Å². The molecule has 11 heavy (non-hydrogen) atoms. The van der Waals surface area contributed by atoms with Crippen LogP contribution >= 0.6 is 0 Å². The molecule has 0 saturated heterocycles. The summed E-state index contributed by atoms with van der Waals surface area (Å²) in [7, 11) is 0. The highest BCUT2D eigenvalue weighted by molar-refractivity contribution is 4.91. The summed E-state index contributed by atoms with van der Waals surface area (Å²) >= 11 is 0. The molecule has 4 heteroatoms. The average molecular weight is 156 g/mol. The zero-order valence-corrected chi connectivity index (χ0v) is 6.59. The maximum Gasteiger partial charge on any atom is 0.0905 e. The predicted octanol–water partition coefficient (Wildman–Crippen LogP) is -0.803. The van der Waals surface area contributed by atoms with Crippen LogP contribution in [0.15, 0.2) is 24.2 Å². The van der Waals surface area contributed by atoms with Crippen LogP contribution in [0.5, 0.6) is 0 Å². The first-order valence-electron chi connectivity index (χ1n) is 3.56. The molecular weight excluding hydrogens is 140 g/mol. The molecule has 0 aromatic rings. The van der Waals surface area contributed by atoms with E-state index in [1.807, 2.05) is 6.08 Å². The zero-order valence-electron chi connectivity index (χ0n) is 6.59. The minimum Gasteiger partial charge on any atom is -0.405 e. The summed E-state index contributed by atoms with van der Waals surface area (Å²) < 4.78 is 0. The SMILES string of the molecule is N/C=C\CCNCC=C(N)N. The Balaban J connectivity index is 3.09. The van der Waals surface area contributed by atoms with Crippen molar-refractivity contribution < 1.29 is 0 Å². The second-order valence-electron chi connectivity index (χ2n) is 2.13. The number of hydrogen-bond donors (Lipinski definition) is 4. The topological polar surface area (TPSA) is 90.1 Å². The third-order valence-corrected chi connectivity index (χ3v) is 1.11. The van der Waals surface area contributed by atoms with Gasteiger partial charge < -0.3 is 22.5 Å². The smallest absolute Gasteiger partial charge is 0.0905 e. The highest BCUT2D eigenvalue weighted by atomic mass is 14.9. The fraction of sp³-hybridized carbons (Fsp3) is 0.429. The van der Waals surface area contributed by atoms with Gasteiger partial charge in [0.25, 0.3) is 0 Å². The Morgan fingerprint density at radius 1 is 1.36 bits per heavy atom. The molecule has 64 valence electrons. The third kappa shape index (κ3) is 8.84. The highest BCUT2D eigenvalue weighted by Crippen LogP contribution is 1.76. The van der Waals surface area contributed by atoms with Crippen LogP contribution in [0, 0.1) is 0 Å². The fourth-order valence-electron chi connectivity index (χ4n) is 0.574. The van der Waals surface area contributed by atoms with E-state index in [9.17, 15) is 0 Å². The Bertz CT molecular complexity index is 135. The van der Waals surface area contributed by atoms with E-state index in [0.29, 0.717) is 12.4 Å². The summed E-state index contributed by atoms with van der Waals surface area (Å²) in [6, 6.07) is 0. The number of hydrogen-bond acceptors (Lipinski definition) is 4. The van der Waals surface area contributed by atoms with Crippen LogP contribution in [0.4, 0.5) is 0 Å². The van der Waals surface area contributed by atoms with Gasteiger partial charge in [0.15, 0.2) is 0 Å². The van der Waals surface area contributed by atoms with Gasteiger partial charge in [-0.1, -0.05) is 6.08 Å². The molecule has 0 rings (SSSR count). The maximum absolute atomic E-state index is 5.20. The molecule has 0 fully saturated rings. The van der Waals surface area contributed by atoms with Crippen molar-refractivity contribution in [2.45, 2.75) is 6.42 Å². The number of rotatable bonds is 5. The average Bonchev–Trinajstić information content (AvgIpc) is 1.96. The minimum atomic E-state index is 0.354. The maximum atomic E-state index is 5.20. The van der Waals surface area contributed by atoms with Gasteiger partial charge in [-0.3, -0.25) is 0 Å². The van der Waals surface area contributed by atoms with Gasteiger partial charge in [-0.15, -0.1) is 0 Å². The second kappa shape index (κ2) is 6.95. The van der Waals surface area contributed by atoms with Gasteiger partial charge in [0, 0.05) is 6.54 Å². The lowest BCUT2D eigenvalue weighted by atomic mass is 10.4. The van der Waals surface area contributed by atoms with E-state index < -0.39 is 0 Å². The van der Waals surface area contributed by atoms with Crippen LogP contribution in [0.1, 0.15) is 6.42 Å². The lowest BCUT2D eigenvalue weighted by Crippen LogP contribution is -2.18. The van der Waals surface area contributed by atoms with Gasteiger partial charge >= 0.3 is 0 Å². The monoisotopic (exact) mass is 156 g/mol. The Labute approximate surface area is 67.1 Å². The molecule has 0 aliphatic rings. The molecule has 0 amide bonds. The normalized spacial score (nSPS) is 10.2. The van der Waals surface area contributed by atoms with E-state index in [2.05, 4.69) is 5.32 Å². The molecule has 0 spiro atoms. The Morgan fingerprint density at radius 3 is 2.64 bits per heavy atom. The van der Waals surface area contributed by atoms with Crippen LogP contribution < -0.4 is 22.5 Å². The van der Waals surface area contributed by atoms with Crippen molar-refractivity contribution in [1.29, 1.82) is 0 Å². The first kappa shape index (κ1) is 9.84. The van der Waals surface area contributed by atoms with Gasteiger partial charge in [-0.2, -0.15) is 0 Å². The van der Waals surface area contributed by atoms with E-state index in [1.165, 1.54) is 6.20 Å². The van der Waals surface area contributed by atoms with Crippen molar-refractivity contribution >= 4 is 0 Å². The molecule has 7 N–H and O–H groups in total. The van der Waals surface area contributed by atoms with Gasteiger partial charge in [0.2, 0.25) is 0 Å². The van der Waals surface area contributed by atoms with Crippen LogP contribution in [0.2, 0.25) is 0 Å². The minimum absolute atomic E-state index is 0.354. The summed E-state index contributed by atoms with van der Waals surface area (Å²) in [5, 5.41) is 3.11. The molecule has 0 radical (unpaired) electrons. The first-order chi connectivity index (χ1) is 5.27. The molecule has 0 aliphatic heterocycles. The second-order valence-corrected chi connectivity index (χ2v) is 2.13. The number of nitrogens with one attached hydrogen (secondary N) is 1. The van der Waals surface area contributed by atoms with E-state index in [1.54, 1.807) is 6.08 Å². The molecule has 0 atom stereocenters. The summed E-state index contributed by atoms with van der Waals surface area (Å²) in [6.45, 7) is 1.60. The highest BCUT2D eigenvalue weighted by Gasteiger charge is 1.81. The summed E-state index contributed by atoms with van der Waals surface area (Å²) in [5.74, 6) is 0.354. The van der Waals surface area contributed by atoms with Crippen molar-refractivity contribution in [3.8, 4) is 0 Å². The largest absolute Gasteiger partial charge is 0.405 e. The van der Waals surface area contributed by atoms with E-state index in [-0.39, 0.29) is 0 Å². The Kier molecular flexibility index (Phi) is 6.22. The lowest BCUT2D eigenvalue weighted by molar-refractivity contribution is 0.752. The molecule has 0 aromatic heterocycles. The van der Waals surface area contributed by atoms with E-state index in [0.717, 1.165) is 13.0 Å². The lowest BCUT2D eigenvalue weighted by Gasteiger charge is -1.97. The molecule has 0 heterocycles. The number of nitrogens with two attached hydrogens (primary N) is 3. The van der Waals surface area contributed by atoms with Gasteiger partial charge in [0.05, 0.1) is 5.82 Å². The van der Waals surface area contributed by atoms with Crippen LogP contribution in [0.3, 0.4) is 0 Å². The summed E-state index contributed by atoms with van der Waals surface area (Å²) in [6.07, 6.45) is 6.08. The van der Waals surface area contributed by atoms with Gasteiger partial charge in [0.1, 0.15) is 0 Å². The van der Waals surface area contributed by atoms with Crippen molar-refractivity contribution in [3.05, 3.63) is 24.2 Å². The van der Waals surface area contributed by atoms with Crippen LogP contribution in [-0.4, -0.2) is 13.1 Å². The molecule has 0 bridgehead atoms. The molecule has 0 unspecified atom stereocenters. The Morgan fingerprint density at radius 2 is 2.09 bits per heavy atom. The molecule has 4 nitrogen and oxygen atoms in total. The molecule has 0 aliphatic carbocycles. The Hall–Kier alpha value is -1.16. The van der Waals surface area contributed by atoms with Crippen molar-refractivity contribution in [2.75, 3.05) is 13.1 Å². The molecule has 0 aromatic carbocycles. The van der Waals surface area contributed by atoms with Crippen molar-refractivity contribution in [1.82, 2.24) is 5.32 Å². The van der Waals surface area contributed by atoms with Gasteiger partial charge in [-0.05, 0) is 25.2 Å². The quantitative estimate of drug-likeness (QED) is 0.392. The molecular formula is C7H16N4. The van der Waals surface area contributed by atoms with Crippen molar-refractivity contribution in [3.63, 3.8) is 0 Å². The standard InChI is InChI=1S/C7H16N4/c8-4-1-2-5-11-6-3-7(9)10/h1,3-4,11H,2,5-6,8-10H2/b4-1-. The van der Waals surface area contributed by atoms with E-state index >= 15 is 0 Å². The van der Waals surface area contributed by atoms with E-state index in [4.69, 9.17) is 17.2 Å². The summed E-state index contributed by atoms with van der Waals surface area (Å²) in [5.41, 5.74) is 15.5. The molecule has 0 saturated carbocycles. The van der Waals surface area contributed by atoms with Gasteiger partial charge in [-0.25, -0.2) is 0 Å². The summed E-state index contributed by atoms with van der Waals surface area (Å²) in [4.78, 5) is 0. The third-order valence-electron chi connectivity index (χ3n) is 1.11. The zero-order chi connectivity index (χ0) is 8.53. The van der Waals surface area contributed by atoms with Crippen LogP contribution in [0.25, 0.3) is 0 Å². The van der Waals surface area contributed by atoms with Crippen LogP contribution in [-0.2, 0) is 0 Å². The first-order valence-corrected chi connectivity index (χ1v) is 3.56. The fourth-order valence-corrected chi connectivity index (χ4v) is 0.574.